The SMILES string of the molecule is CCN(C(=O)O)c1c(Br)cccc1C#N. The quantitative estimate of drug-likeness (QED) is 0.897. The molecule has 0 spiro atoms. The first-order valence-electron chi connectivity index (χ1n) is 4.30. The van der Waals surface area contributed by atoms with Crippen molar-refractivity contribution in [2.45, 2.75) is 6.92 Å². The highest BCUT2D eigenvalue weighted by Crippen LogP contribution is 2.29. The molecule has 1 aromatic rings. The summed E-state index contributed by atoms with van der Waals surface area (Å²) >= 11 is 3.24. The van der Waals surface area contributed by atoms with Crippen LogP contribution in [0, 0.1) is 11.3 Å². The first-order chi connectivity index (χ1) is 7.11. The molecule has 0 atom stereocenters. The minimum atomic E-state index is -1.07. The number of benzene rings is 1. The smallest absolute Gasteiger partial charge is 0.411 e. The molecule has 0 aliphatic carbocycles. The molecule has 0 unspecified atom stereocenters. The van der Waals surface area contributed by atoms with Crippen molar-refractivity contribution in [2.24, 2.45) is 0 Å². The molecule has 0 aliphatic heterocycles. The lowest BCUT2D eigenvalue weighted by Gasteiger charge is -2.19. The zero-order valence-electron chi connectivity index (χ0n) is 8.07. The van der Waals surface area contributed by atoms with Crippen molar-refractivity contribution in [3.8, 4) is 6.07 Å². The minimum Gasteiger partial charge on any atom is -0.465 e. The fraction of sp³-hybridized carbons (Fsp3) is 0.200. The van der Waals surface area contributed by atoms with E-state index < -0.39 is 6.09 Å². The standard InChI is InChI=1S/C10H9BrN2O2/c1-2-13(10(14)15)9-7(6-12)4-3-5-8(9)11/h3-5H,2H2,1H3,(H,14,15). The van der Waals surface area contributed by atoms with Gasteiger partial charge in [0.05, 0.1) is 11.3 Å². The van der Waals surface area contributed by atoms with Gasteiger partial charge in [-0.15, -0.1) is 0 Å². The van der Waals surface area contributed by atoms with Gasteiger partial charge in [-0.1, -0.05) is 6.07 Å². The normalized spacial score (nSPS) is 9.40. The van der Waals surface area contributed by atoms with Gasteiger partial charge in [-0.25, -0.2) is 4.79 Å². The fourth-order valence-corrected chi connectivity index (χ4v) is 1.85. The first-order valence-corrected chi connectivity index (χ1v) is 5.10. The van der Waals surface area contributed by atoms with Gasteiger partial charge in [0.25, 0.3) is 0 Å². The maximum Gasteiger partial charge on any atom is 0.411 e. The van der Waals surface area contributed by atoms with Gasteiger partial charge < -0.3 is 5.11 Å². The highest BCUT2D eigenvalue weighted by Gasteiger charge is 2.18. The summed E-state index contributed by atoms with van der Waals surface area (Å²) in [6.07, 6.45) is -1.07. The van der Waals surface area contributed by atoms with Gasteiger partial charge in [-0.2, -0.15) is 5.26 Å². The van der Waals surface area contributed by atoms with Crippen molar-refractivity contribution >= 4 is 27.7 Å². The zero-order valence-corrected chi connectivity index (χ0v) is 9.65. The summed E-state index contributed by atoms with van der Waals surface area (Å²) in [6.45, 7) is 2.02. The fourth-order valence-electron chi connectivity index (χ4n) is 1.27. The molecule has 78 valence electrons. The van der Waals surface area contributed by atoms with E-state index in [9.17, 15) is 4.79 Å². The highest BCUT2D eigenvalue weighted by molar-refractivity contribution is 9.10. The summed E-state index contributed by atoms with van der Waals surface area (Å²) in [5.41, 5.74) is 0.739. The number of para-hydroxylation sites is 1. The highest BCUT2D eigenvalue weighted by atomic mass is 79.9. The lowest BCUT2D eigenvalue weighted by Crippen LogP contribution is -2.29. The maximum absolute atomic E-state index is 10.9. The van der Waals surface area contributed by atoms with Gasteiger partial charge in [0, 0.05) is 11.0 Å². The second-order valence-electron chi connectivity index (χ2n) is 2.77. The average molecular weight is 269 g/mol. The number of anilines is 1. The van der Waals surface area contributed by atoms with Gasteiger partial charge in [-0.3, -0.25) is 4.90 Å². The molecule has 0 aromatic heterocycles. The molecule has 0 bridgehead atoms. The van der Waals surface area contributed by atoms with E-state index in [1.807, 2.05) is 6.07 Å². The van der Waals surface area contributed by atoms with Crippen LogP contribution in [0.5, 0.6) is 0 Å². The maximum atomic E-state index is 10.9. The molecule has 1 amide bonds. The molecule has 0 heterocycles. The van der Waals surface area contributed by atoms with Crippen molar-refractivity contribution in [1.29, 1.82) is 5.26 Å². The van der Waals surface area contributed by atoms with E-state index >= 15 is 0 Å². The van der Waals surface area contributed by atoms with E-state index in [1.165, 1.54) is 0 Å². The Hall–Kier alpha value is -1.54. The third kappa shape index (κ3) is 2.28. The predicted molar refractivity (Wildman–Crippen MR) is 59.9 cm³/mol. The molecule has 5 heteroatoms. The van der Waals surface area contributed by atoms with E-state index in [-0.39, 0.29) is 0 Å². The number of carbonyl (C=O) groups is 1. The van der Waals surface area contributed by atoms with Crippen LogP contribution in [0.1, 0.15) is 12.5 Å². The van der Waals surface area contributed by atoms with Crippen LogP contribution in [-0.2, 0) is 0 Å². The molecular weight excluding hydrogens is 260 g/mol. The summed E-state index contributed by atoms with van der Waals surface area (Å²) in [5, 5.41) is 17.8. The second kappa shape index (κ2) is 4.80. The predicted octanol–water partition coefficient (Wildman–Crippen LogP) is 2.83. The topological polar surface area (TPSA) is 64.3 Å². The van der Waals surface area contributed by atoms with Gasteiger partial charge in [-0.05, 0) is 35.0 Å². The summed E-state index contributed by atoms with van der Waals surface area (Å²) in [4.78, 5) is 12.1. The van der Waals surface area contributed by atoms with Crippen LogP contribution >= 0.6 is 15.9 Å². The Balaban J connectivity index is 3.34. The Morgan fingerprint density at radius 2 is 2.33 bits per heavy atom. The third-order valence-corrected chi connectivity index (χ3v) is 2.56. The Morgan fingerprint density at radius 3 is 2.80 bits per heavy atom. The van der Waals surface area contributed by atoms with E-state index in [4.69, 9.17) is 10.4 Å². The van der Waals surface area contributed by atoms with Crippen molar-refractivity contribution in [3.63, 3.8) is 0 Å². The van der Waals surface area contributed by atoms with E-state index in [0.29, 0.717) is 22.3 Å². The molecule has 1 rings (SSSR count). The summed E-state index contributed by atoms with van der Waals surface area (Å²) in [6, 6.07) is 6.97. The average Bonchev–Trinajstić information content (AvgIpc) is 2.21. The molecule has 0 saturated carbocycles. The molecule has 0 aliphatic rings. The van der Waals surface area contributed by atoms with Gasteiger partial charge in [0.15, 0.2) is 0 Å². The van der Waals surface area contributed by atoms with Crippen LogP contribution in [-0.4, -0.2) is 17.7 Å². The van der Waals surface area contributed by atoms with Crippen molar-refractivity contribution < 1.29 is 9.90 Å². The number of rotatable bonds is 2. The molecule has 4 nitrogen and oxygen atoms in total. The van der Waals surface area contributed by atoms with Crippen LogP contribution in [0.15, 0.2) is 22.7 Å². The number of nitrogens with zero attached hydrogens (tertiary/aromatic N) is 2. The number of hydrogen-bond donors (Lipinski definition) is 1. The van der Waals surface area contributed by atoms with Gasteiger partial charge in [0.2, 0.25) is 0 Å². The van der Waals surface area contributed by atoms with Crippen molar-refractivity contribution in [1.82, 2.24) is 0 Å². The zero-order chi connectivity index (χ0) is 11.4. The summed E-state index contributed by atoms with van der Waals surface area (Å²) in [7, 11) is 0. The lowest BCUT2D eigenvalue weighted by atomic mass is 10.2. The monoisotopic (exact) mass is 268 g/mol. The van der Waals surface area contributed by atoms with Crippen molar-refractivity contribution in [2.75, 3.05) is 11.4 Å². The van der Waals surface area contributed by atoms with Crippen LogP contribution in [0.25, 0.3) is 0 Å². The Morgan fingerprint density at radius 1 is 1.67 bits per heavy atom. The Bertz CT molecular complexity index is 426. The molecule has 15 heavy (non-hydrogen) atoms. The Labute approximate surface area is 95.9 Å². The number of carboxylic acid groups (broad SMARTS) is 1. The molecule has 0 radical (unpaired) electrons. The lowest BCUT2D eigenvalue weighted by molar-refractivity contribution is 0.202. The molecule has 0 saturated heterocycles. The molecular formula is C10H9BrN2O2. The van der Waals surface area contributed by atoms with Gasteiger partial charge >= 0.3 is 6.09 Å². The summed E-state index contributed by atoms with van der Waals surface area (Å²) < 4.78 is 0.603. The third-order valence-electron chi connectivity index (χ3n) is 1.92. The molecule has 1 N–H and O–H groups in total. The minimum absolute atomic E-state index is 0.298. The Kier molecular flexibility index (Phi) is 3.69. The van der Waals surface area contributed by atoms with E-state index in [0.717, 1.165) is 4.90 Å². The van der Waals surface area contributed by atoms with E-state index in [1.54, 1.807) is 25.1 Å². The van der Waals surface area contributed by atoms with E-state index in [2.05, 4.69) is 15.9 Å². The van der Waals surface area contributed by atoms with Crippen LogP contribution in [0.4, 0.5) is 10.5 Å². The summed E-state index contributed by atoms with van der Waals surface area (Å²) in [5.74, 6) is 0. The number of halogens is 1. The molecule has 1 aromatic carbocycles. The number of amides is 1. The molecule has 0 fully saturated rings. The first kappa shape index (κ1) is 11.5. The largest absolute Gasteiger partial charge is 0.465 e. The van der Waals surface area contributed by atoms with Crippen LogP contribution in [0.2, 0.25) is 0 Å². The van der Waals surface area contributed by atoms with Crippen LogP contribution in [0.3, 0.4) is 0 Å². The number of nitriles is 1. The van der Waals surface area contributed by atoms with Gasteiger partial charge in [0.1, 0.15) is 6.07 Å². The van der Waals surface area contributed by atoms with Crippen LogP contribution < -0.4 is 4.90 Å². The van der Waals surface area contributed by atoms with Crippen molar-refractivity contribution in [3.05, 3.63) is 28.2 Å². The second-order valence-corrected chi connectivity index (χ2v) is 3.63. The number of hydrogen-bond acceptors (Lipinski definition) is 2.